The second-order valence-electron chi connectivity index (χ2n) is 7.33. The summed E-state index contributed by atoms with van der Waals surface area (Å²) in [5.41, 5.74) is 2.32. The van der Waals surface area contributed by atoms with Gasteiger partial charge in [0.2, 0.25) is 0 Å². The second kappa shape index (κ2) is 4.42. The molecule has 0 unspecified atom stereocenters. The molecule has 0 aliphatic heterocycles. The quantitative estimate of drug-likeness (QED) is 0.847. The van der Waals surface area contributed by atoms with Crippen molar-refractivity contribution in [2.75, 3.05) is 7.11 Å². The van der Waals surface area contributed by atoms with Gasteiger partial charge in [-0.05, 0) is 54.4 Å². The van der Waals surface area contributed by atoms with Crippen LogP contribution >= 0.6 is 0 Å². The van der Waals surface area contributed by atoms with Crippen molar-refractivity contribution in [1.82, 2.24) is 10.2 Å². The number of nitrogens with one attached hydrogen (secondary N) is 1. The smallest absolute Gasteiger partial charge is 0.376 e. The Balaban J connectivity index is 1.86. The number of benzene rings is 1. The predicted molar refractivity (Wildman–Crippen MR) is 83.3 cm³/mol. The molecule has 2 aromatic rings. The van der Waals surface area contributed by atoms with E-state index in [4.69, 9.17) is 4.74 Å². The van der Waals surface area contributed by atoms with E-state index < -0.39 is 17.9 Å². The summed E-state index contributed by atoms with van der Waals surface area (Å²) in [6, 6.07) is 3.67. The van der Waals surface area contributed by atoms with Crippen LogP contribution in [0.2, 0.25) is 0 Å². The van der Waals surface area contributed by atoms with Gasteiger partial charge in [0.15, 0.2) is 0 Å². The van der Waals surface area contributed by atoms with Gasteiger partial charge in [0.1, 0.15) is 0 Å². The highest BCUT2D eigenvalue weighted by Gasteiger charge is 2.59. The Bertz CT molecular complexity index is 882. The highest BCUT2D eigenvalue weighted by atomic mass is 19.4. The molecule has 1 fully saturated rings. The second-order valence-corrected chi connectivity index (χ2v) is 7.33. The molecule has 126 valence electrons. The van der Waals surface area contributed by atoms with Crippen LogP contribution in [-0.4, -0.2) is 29.6 Å². The fourth-order valence-corrected chi connectivity index (χ4v) is 5.45. The first-order valence-corrected chi connectivity index (χ1v) is 8.24. The van der Waals surface area contributed by atoms with E-state index in [1.807, 2.05) is 12.1 Å². The van der Waals surface area contributed by atoms with Gasteiger partial charge in [0.25, 0.3) is 0 Å². The Kier molecular flexibility index (Phi) is 2.67. The lowest BCUT2D eigenvalue weighted by Gasteiger charge is -2.38. The van der Waals surface area contributed by atoms with Crippen LogP contribution in [0.4, 0.5) is 13.2 Å². The van der Waals surface area contributed by atoms with Gasteiger partial charge < -0.3 is 4.74 Å². The number of ether oxygens (including phenoxy) is 1. The molecule has 2 bridgehead atoms. The molecular weight excluding hydrogens is 317 g/mol. The fraction of sp³-hybridized carbons (Fsp3) is 0.500. The van der Waals surface area contributed by atoms with Crippen molar-refractivity contribution in [1.29, 1.82) is 0 Å². The molecule has 1 spiro atoms. The summed E-state index contributed by atoms with van der Waals surface area (Å²) in [7, 11) is 1.40. The maximum atomic E-state index is 14.0. The number of aromatic nitrogens is 2. The Hall–Kier alpha value is -1.82. The van der Waals surface area contributed by atoms with Crippen LogP contribution in [0.5, 0.6) is 0 Å². The lowest BCUT2D eigenvalue weighted by Crippen LogP contribution is -2.38. The minimum absolute atomic E-state index is 0.0375. The molecule has 5 rings (SSSR count). The molecular formula is C18H17F3N2O. The molecule has 3 nitrogen and oxygen atoms in total. The number of hydrogen-bond acceptors (Lipinski definition) is 2. The van der Waals surface area contributed by atoms with Crippen molar-refractivity contribution in [2.45, 2.75) is 38.0 Å². The molecule has 6 heteroatoms. The van der Waals surface area contributed by atoms with Crippen LogP contribution in [0.25, 0.3) is 16.5 Å². The van der Waals surface area contributed by atoms with Crippen molar-refractivity contribution in [3.05, 3.63) is 35.0 Å². The van der Waals surface area contributed by atoms with Crippen LogP contribution in [0.1, 0.15) is 30.4 Å². The Morgan fingerprint density at radius 3 is 2.92 bits per heavy atom. The molecule has 1 heterocycles. The van der Waals surface area contributed by atoms with Gasteiger partial charge in [-0.1, -0.05) is 6.07 Å². The third-order valence-corrected chi connectivity index (χ3v) is 6.24. The number of hydrogen-bond donors (Lipinski definition) is 1. The molecule has 1 aromatic carbocycles. The number of H-pyrrole nitrogens is 1. The molecule has 3 aliphatic rings. The molecule has 0 radical (unpaired) electrons. The number of alkyl halides is 3. The van der Waals surface area contributed by atoms with E-state index in [0.717, 1.165) is 41.3 Å². The summed E-state index contributed by atoms with van der Waals surface area (Å²) in [6.07, 6.45) is -0.408. The van der Waals surface area contributed by atoms with E-state index in [0.29, 0.717) is 12.0 Å². The Morgan fingerprint density at radius 1 is 1.33 bits per heavy atom. The third-order valence-electron chi connectivity index (χ3n) is 6.24. The molecule has 24 heavy (non-hydrogen) atoms. The molecule has 0 amide bonds. The fourth-order valence-electron chi connectivity index (χ4n) is 5.45. The zero-order chi connectivity index (χ0) is 16.7. The maximum Gasteiger partial charge on any atom is 0.415 e. The van der Waals surface area contributed by atoms with Gasteiger partial charge in [-0.25, -0.2) is 0 Å². The molecule has 0 saturated heterocycles. The SMILES string of the molecule is CO[C@H]1C(C(F)(F)F)=C2c3ccc4[nH]ncc4c3C[C@@]23CC[C@@H]1C3. The Morgan fingerprint density at radius 2 is 2.17 bits per heavy atom. The molecule has 1 saturated carbocycles. The van der Waals surface area contributed by atoms with Crippen molar-refractivity contribution < 1.29 is 17.9 Å². The van der Waals surface area contributed by atoms with Crippen molar-refractivity contribution >= 4 is 16.5 Å². The molecule has 3 atom stereocenters. The van der Waals surface area contributed by atoms with Gasteiger partial charge in [-0.2, -0.15) is 18.3 Å². The number of allylic oxidation sites excluding steroid dienone is 1. The van der Waals surface area contributed by atoms with E-state index in [-0.39, 0.29) is 11.3 Å². The molecule has 1 aromatic heterocycles. The number of rotatable bonds is 1. The zero-order valence-corrected chi connectivity index (χ0v) is 13.2. The van der Waals surface area contributed by atoms with Crippen LogP contribution in [0, 0.1) is 11.3 Å². The number of aromatic amines is 1. The lowest BCUT2D eigenvalue weighted by molar-refractivity contribution is -0.115. The lowest BCUT2D eigenvalue weighted by atomic mass is 9.70. The summed E-state index contributed by atoms with van der Waals surface area (Å²) in [5.74, 6) is -0.0375. The van der Waals surface area contributed by atoms with E-state index in [9.17, 15) is 13.2 Å². The van der Waals surface area contributed by atoms with Crippen LogP contribution in [-0.2, 0) is 11.2 Å². The molecule has 3 aliphatic carbocycles. The van der Waals surface area contributed by atoms with Crippen molar-refractivity contribution in [2.24, 2.45) is 11.3 Å². The minimum atomic E-state index is -4.36. The van der Waals surface area contributed by atoms with E-state index in [2.05, 4.69) is 10.2 Å². The number of nitrogens with zero attached hydrogens (tertiary/aromatic N) is 1. The van der Waals surface area contributed by atoms with Crippen molar-refractivity contribution in [3.8, 4) is 0 Å². The van der Waals surface area contributed by atoms with E-state index in [1.54, 1.807) is 6.20 Å². The van der Waals surface area contributed by atoms with E-state index in [1.165, 1.54) is 7.11 Å². The predicted octanol–water partition coefficient (Wildman–Crippen LogP) is 4.25. The van der Waals surface area contributed by atoms with Gasteiger partial charge in [-0.3, -0.25) is 5.10 Å². The third kappa shape index (κ3) is 1.64. The first-order valence-electron chi connectivity index (χ1n) is 8.24. The maximum absolute atomic E-state index is 14.0. The van der Waals surface area contributed by atoms with Crippen molar-refractivity contribution in [3.63, 3.8) is 0 Å². The van der Waals surface area contributed by atoms with Crippen LogP contribution in [0.3, 0.4) is 0 Å². The first kappa shape index (κ1) is 14.5. The normalized spacial score (nSPS) is 31.7. The van der Waals surface area contributed by atoms with Gasteiger partial charge in [0, 0.05) is 17.9 Å². The minimum Gasteiger partial charge on any atom is -0.376 e. The van der Waals surface area contributed by atoms with Gasteiger partial charge in [0.05, 0.1) is 23.4 Å². The average molecular weight is 334 g/mol. The highest BCUT2D eigenvalue weighted by molar-refractivity contribution is 5.93. The first-order chi connectivity index (χ1) is 11.4. The number of fused-ring (bicyclic) bond motifs is 5. The summed E-state index contributed by atoms with van der Waals surface area (Å²) >= 11 is 0. The summed E-state index contributed by atoms with van der Waals surface area (Å²) in [6.45, 7) is 0. The van der Waals surface area contributed by atoms with Gasteiger partial charge in [-0.15, -0.1) is 0 Å². The molecule has 1 N–H and O–H groups in total. The van der Waals surface area contributed by atoms with E-state index >= 15 is 0 Å². The monoisotopic (exact) mass is 334 g/mol. The Labute approximate surface area is 136 Å². The van der Waals surface area contributed by atoms with Crippen LogP contribution in [0.15, 0.2) is 23.9 Å². The van der Waals surface area contributed by atoms with Crippen LogP contribution < -0.4 is 0 Å². The highest BCUT2D eigenvalue weighted by Crippen LogP contribution is 2.65. The summed E-state index contributed by atoms with van der Waals surface area (Å²) in [5, 5.41) is 7.93. The topological polar surface area (TPSA) is 37.9 Å². The van der Waals surface area contributed by atoms with Gasteiger partial charge >= 0.3 is 6.18 Å². The summed E-state index contributed by atoms with van der Waals surface area (Å²) < 4.78 is 47.3. The standard InChI is InChI=1S/C18H17F3N2O/c1-24-16-9-4-5-17(6-9)7-11-10(14(17)15(16)18(19,20)21)2-3-13-12(11)8-22-23-13/h2-3,8-9,16H,4-7H2,1H3,(H,22,23)/t9-,16-,17+/m1/s1. The average Bonchev–Trinajstić information content (AvgIpc) is 3.21. The number of halogens is 3. The largest absolute Gasteiger partial charge is 0.415 e. The zero-order valence-electron chi connectivity index (χ0n) is 13.2. The number of methoxy groups -OCH3 is 1. The summed E-state index contributed by atoms with van der Waals surface area (Å²) in [4.78, 5) is 0.